The topological polar surface area (TPSA) is 49.4 Å². The number of nitrogens with one attached hydrogen (secondary N) is 1. The highest BCUT2D eigenvalue weighted by atomic mass is 16.2. The minimum absolute atomic E-state index is 0.0957. The molecule has 1 aliphatic heterocycles. The van der Waals surface area contributed by atoms with Crippen molar-refractivity contribution in [2.24, 2.45) is 0 Å². The van der Waals surface area contributed by atoms with Gasteiger partial charge in [-0.1, -0.05) is 42.5 Å². The number of benzene rings is 2. The molecule has 4 heteroatoms. The maximum atomic E-state index is 12.7. The third kappa shape index (κ3) is 3.82. The first-order valence-corrected chi connectivity index (χ1v) is 8.34. The van der Waals surface area contributed by atoms with Crippen molar-refractivity contribution in [2.45, 2.75) is 32.2 Å². The van der Waals surface area contributed by atoms with E-state index in [0.717, 1.165) is 30.6 Å². The molecule has 0 aromatic heterocycles. The van der Waals surface area contributed by atoms with Gasteiger partial charge in [-0.25, -0.2) is 0 Å². The first kappa shape index (κ1) is 16.2. The summed E-state index contributed by atoms with van der Waals surface area (Å²) in [5, 5.41) is 2.73. The molecule has 1 fully saturated rings. The Labute approximate surface area is 142 Å². The van der Waals surface area contributed by atoms with Gasteiger partial charge >= 0.3 is 0 Å². The summed E-state index contributed by atoms with van der Waals surface area (Å²) in [6.07, 6.45) is 2.47. The van der Waals surface area contributed by atoms with Crippen LogP contribution in [-0.2, 0) is 16.0 Å². The third-order valence-corrected chi connectivity index (χ3v) is 4.39. The normalized spacial score (nSPS) is 16.9. The molecule has 1 heterocycles. The van der Waals surface area contributed by atoms with E-state index in [4.69, 9.17) is 0 Å². The molecule has 0 spiro atoms. The van der Waals surface area contributed by atoms with Crippen LogP contribution in [-0.4, -0.2) is 23.3 Å². The largest absolute Gasteiger partial charge is 0.335 e. The fourth-order valence-corrected chi connectivity index (χ4v) is 3.27. The Morgan fingerprint density at radius 1 is 1.08 bits per heavy atom. The lowest BCUT2D eigenvalue weighted by Gasteiger charge is -2.25. The van der Waals surface area contributed by atoms with Crippen molar-refractivity contribution in [1.82, 2.24) is 4.90 Å². The van der Waals surface area contributed by atoms with Crippen LogP contribution in [0.3, 0.4) is 0 Å². The summed E-state index contributed by atoms with van der Waals surface area (Å²) >= 11 is 0. The van der Waals surface area contributed by atoms with Gasteiger partial charge in [0, 0.05) is 19.2 Å². The zero-order valence-electron chi connectivity index (χ0n) is 13.9. The molecule has 1 atom stereocenters. The van der Waals surface area contributed by atoms with Crippen LogP contribution in [0.4, 0.5) is 5.69 Å². The molecule has 0 bridgehead atoms. The molecule has 3 rings (SSSR count). The predicted molar refractivity (Wildman–Crippen MR) is 94.6 cm³/mol. The summed E-state index contributed by atoms with van der Waals surface area (Å²) in [5.74, 6) is 0.0650. The molecule has 4 nitrogen and oxygen atoms in total. The molecule has 2 aromatic rings. The zero-order chi connectivity index (χ0) is 16.9. The summed E-state index contributed by atoms with van der Waals surface area (Å²) in [6, 6.07) is 17.9. The molecule has 124 valence electrons. The smallest absolute Gasteiger partial charge is 0.227 e. The van der Waals surface area contributed by atoms with Crippen molar-refractivity contribution in [3.05, 3.63) is 65.7 Å². The fourth-order valence-electron chi connectivity index (χ4n) is 3.27. The highest BCUT2D eigenvalue weighted by molar-refractivity contribution is 5.88. The quantitative estimate of drug-likeness (QED) is 0.936. The number of anilines is 1. The van der Waals surface area contributed by atoms with Crippen LogP contribution in [0.5, 0.6) is 0 Å². The monoisotopic (exact) mass is 322 g/mol. The number of likely N-dealkylation sites (tertiary alicyclic amines) is 1. The molecule has 0 unspecified atom stereocenters. The van der Waals surface area contributed by atoms with Crippen LogP contribution in [0.25, 0.3) is 0 Å². The van der Waals surface area contributed by atoms with Crippen molar-refractivity contribution >= 4 is 17.5 Å². The van der Waals surface area contributed by atoms with Gasteiger partial charge in [0.25, 0.3) is 0 Å². The molecule has 1 saturated heterocycles. The Morgan fingerprint density at radius 2 is 1.79 bits per heavy atom. The molecule has 1 N–H and O–H groups in total. The van der Waals surface area contributed by atoms with Gasteiger partial charge in [-0.15, -0.1) is 0 Å². The predicted octanol–water partition coefficient (Wildman–Crippen LogP) is 3.55. The van der Waals surface area contributed by atoms with Gasteiger partial charge in [-0.05, 0) is 36.1 Å². The lowest BCUT2D eigenvalue weighted by Crippen LogP contribution is -2.31. The number of carbonyl (C=O) groups is 2. The average molecular weight is 322 g/mol. The van der Waals surface area contributed by atoms with Gasteiger partial charge in [-0.3, -0.25) is 9.59 Å². The number of rotatable bonds is 4. The second kappa shape index (κ2) is 7.30. The molecular weight excluding hydrogens is 300 g/mol. The van der Waals surface area contributed by atoms with Crippen LogP contribution in [0, 0.1) is 0 Å². The van der Waals surface area contributed by atoms with Crippen molar-refractivity contribution in [2.75, 3.05) is 11.9 Å². The summed E-state index contributed by atoms with van der Waals surface area (Å²) in [5.41, 5.74) is 2.93. The molecule has 0 aliphatic carbocycles. The molecule has 2 amide bonds. The molecule has 0 saturated carbocycles. The summed E-state index contributed by atoms with van der Waals surface area (Å²) in [4.78, 5) is 25.8. The second-order valence-corrected chi connectivity index (χ2v) is 6.21. The highest BCUT2D eigenvalue weighted by Crippen LogP contribution is 2.32. The van der Waals surface area contributed by atoms with E-state index in [2.05, 4.69) is 17.4 Å². The fraction of sp³-hybridized carbons (Fsp3) is 0.300. The minimum atomic E-state index is -0.0957. The molecule has 1 aliphatic rings. The van der Waals surface area contributed by atoms with Crippen LogP contribution in [0.1, 0.15) is 36.9 Å². The SMILES string of the molecule is CC(=O)Nc1ccc(CC(=O)N2CCC[C@H]2c2ccccc2)cc1. The Hall–Kier alpha value is -2.62. The van der Waals surface area contributed by atoms with E-state index in [1.807, 2.05) is 47.4 Å². The van der Waals surface area contributed by atoms with E-state index < -0.39 is 0 Å². The summed E-state index contributed by atoms with van der Waals surface area (Å²) < 4.78 is 0. The maximum absolute atomic E-state index is 12.7. The van der Waals surface area contributed by atoms with Gasteiger partial charge in [-0.2, -0.15) is 0 Å². The Bertz CT molecular complexity index is 710. The van der Waals surface area contributed by atoms with Gasteiger partial charge in [0.2, 0.25) is 11.8 Å². The van der Waals surface area contributed by atoms with Crippen LogP contribution >= 0.6 is 0 Å². The number of hydrogen-bond acceptors (Lipinski definition) is 2. The van der Waals surface area contributed by atoms with Gasteiger partial charge < -0.3 is 10.2 Å². The summed E-state index contributed by atoms with van der Waals surface area (Å²) in [7, 11) is 0. The standard InChI is InChI=1S/C20H22N2O2/c1-15(23)21-18-11-9-16(10-12-18)14-20(24)22-13-5-8-19(22)17-6-3-2-4-7-17/h2-4,6-7,9-12,19H,5,8,13-14H2,1H3,(H,21,23)/t19-/m0/s1. The Morgan fingerprint density at radius 3 is 2.46 bits per heavy atom. The second-order valence-electron chi connectivity index (χ2n) is 6.21. The first-order chi connectivity index (χ1) is 11.6. The lowest BCUT2D eigenvalue weighted by molar-refractivity contribution is -0.131. The van der Waals surface area contributed by atoms with Gasteiger partial charge in [0.05, 0.1) is 12.5 Å². The van der Waals surface area contributed by atoms with E-state index in [9.17, 15) is 9.59 Å². The van der Waals surface area contributed by atoms with Crippen molar-refractivity contribution in [1.29, 1.82) is 0 Å². The zero-order valence-corrected chi connectivity index (χ0v) is 13.9. The highest BCUT2D eigenvalue weighted by Gasteiger charge is 2.29. The molecule has 2 aromatic carbocycles. The number of nitrogens with zero attached hydrogens (tertiary/aromatic N) is 1. The van der Waals surface area contributed by atoms with Crippen molar-refractivity contribution in [3.63, 3.8) is 0 Å². The third-order valence-electron chi connectivity index (χ3n) is 4.39. The lowest BCUT2D eigenvalue weighted by atomic mass is 10.0. The maximum Gasteiger partial charge on any atom is 0.227 e. The Kier molecular flexibility index (Phi) is 4.94. The average Bonchev–Trinajstić information content (AvgIpc) is 3.07. The summed E-state index contributed by atoms with van der Waals surface area (Å²) in [6.45, 7) is 2.30. The van der Waals surface area contributed by atoms with Gasteiger partial charge in [0.1, 0.15) is 0 Å². The van der Waals surface area contributed by atoms with E-state index in [-0.39, 0.29) is 17.9 Å². The molecular formula is C20H22N2O2. The van der Waals surface area contributed by atoms with E-state index in [1.165, 1.54) is 12.5 Å². The minimum Gasteiger partial charge on any atom is -0.335 e. The van der Waals surface area contributed by atoms with E-state index in [1.54, 1.807) is 0 Å². The van der Waals surface area contributed by atoms with Crippen molar-refractivity contribution in [3.8, 4) is 0 Å². The number of carbonyl (C=O) groups excluding carboxylic acids is 2. The van der Waals surface area contributed by atoms with Crippen LogP contribution in [0.2, 0.25) is 0 Å². The molecule has 0 radical (unpaired) electrons. The van der Waals surface area contributed by atoms with Gasteiger partial charge in [0.15, 0.2) is 0 Å². The molecule has 24 heavy (non-hydrogen) atoms. The van der Waals surface area contributed by atoms with Crippen LogP contribution < -0.4 is 5.32 Å². The Balaban J connectivity index is 1.67. The van der Waals surface area contributed by atoms with E-state index >= 15 is 0 Å². The number of hydrogen-bond donors (Lipinski definition) is 1. The van der Waals surface area contributed by atoms with Crippen molar-refractivity contribution < 1.29 is 9.59 Å². The number of amides is 2. The van der Waals surface area contributed by atoms with Crippen LogP contribution in [0.15, 0.2) is 54.6 Å². The first-order valence-electron chi connectivity index (χ1n) is 8.34. The van der Waals surface area contributed by atoms with E-state index in [0.29, 0.717) is 6.42 Å².